The van der Waals surface area contributed by atoms with Crippen molar-refractivity contribution in [2.24, 2.45) is 17.8 Å². The average molecular weight is 391 g/mol. The first-order valence-corrected chi connectivity index (χ1v) is 11.7. The molecule has 2 saturated heterocycles. The lowest BCUT2D eigenvalue weighted by Crippen LogP contribution is -2.33. The molecule has 2 aliphatic rings. The van der Waals surface area contributed by atoms with E-state index in [4.69, 9.17) is 0 Å². The molecule has 2 nitrogen and oxygen atoms in total. The van der Waals surface area contributed by atoms with Gasteiger partial charge in [-0.15, -0.1) is 0 Å². The van der Waals surface area contributed by atoms with Crippen LogP contribution in [0.1, 0.15) is 49.8 Å². The van der Waals surface area contributed by atoms with Gasteiger partial charge < -0.3 is 0 Å². The Bertz CT molecular complexity index is 756. The molecule has 0 radical (unpaired) electrons. The van der Waals surface area contributed by atoms with E-state index in [0.29, 0.717) is 0 Å². The standard InChI is InChI=1S/C27H38N2/c1-22-8-7-14-28(18-22)20-26-12-6-11-25(17-26)16-23(2)27-13-15-29(21-27)19-24-9-4-3-5-10-24/h3-6,9-12,17,22-23,27H,7-8,13-16,18-21H2,1-2H3. The molecule has 2 fully saturated rings. The molecule has 0 spiro atoms. The van der Waals surface area contributed by atoms with Crippen LogP contribution in [0.5, 0.6) is 0 Å². The molecule has 4 rings (SSSR count). The van der Waals surface area contributed by atoms with Crippen LogP contribution in [-0.2, 0) is 19.5 Å². The lowest BCUT2D eigenvalue weighted by atomic mass is 9.87. The summed E-state index contributed by atoms with van der Waals surface area (Å²) in [4.78, 5) is 5.29. The first-order valence-electron chi connectivity index (χ1n) is 11.7. The van der Waals surface area contributed by atoms with Crippen molar-refractivity contribution in [1.82, 2.24) is 9.80 Å². The highest BCUT2D eigenvalue weighted by Gasteiger charge is 2.27. The van der Waals surface area contributed by atoms with Crippen molar-refractivity contribution < 1.29 is 0 Å². The molecular formula is C27H38N2. The Morgan fingerprint density at radius 2 is 1.55 bits per heavy atom. The van der Waals surface area contributed by atoms with Crippen molar-refractivity contribution in [2.45, 2.75) is 52.6 Å². The molecule has 0 aromatic heterocycles. The van der Waals surface area contributed by atoms with Crippen molar-refractivity contribution in [3.05, 3.63) is 71.3 Å². The molecule has 0 saturated carbocycles. The molecule has 2 heterocycles. The van der Waals surface area contributed by atoms with Crippen molar-refractivity contribution in [3.63, 3.8) is 0 Å². The van der Waals surface area contributed by atoms with E-state index in [1.807, 2.05) is 0 Å². The van der Waals surface area contributed by atoms with Gasteiger partial charge in [-0.3, -0.25) is 9.80 Å². The quantitative estimate of drug-likeness (QED) is 0.605. The zero-order chi connectivity index (χ0) is 20.1. The van der Waals surface area contributed by atoms with E-state index in [2.05, 4.69) is 78.2 Å². The summed E-state index contributed by atoms with van der Waals surface area (Å²) in [7, 11) is 0. The van der Waals surface area contributed by atoms with Gasteiger partial charge in [-0.2, -0.15) is 0 Å². The Morgan fingerprint density at radius 3 is 2.38 bits per heavy atom. The highest BCUT2D eigenvalue weighted by atomic mass is 15.1. The third-order valence-electron chi connectivity index (χ3n) is 7.06. The highest BCUT2D eigenvalue weighted by Crippen LogP contribution is 2.28. The van der Waals surface area contributed by atoms with E-state index in [0.717, 1.165) is 30.8 Å². The van der Waals surface area contributed by atoms with E-state index in [1.54, 1.807) is 0 Å². The van der Waals surface area contributed by atoms with Crippen LogP contribution < -0.4 is 0 Å². The molecule has 2 aromatic carbocycles. The molecule has 2 aromatic rings. The third kappa shape index (κ3) is 5.93. The van der Waals surface area contributed by atoms with Crippen LogP contribution in [0.25, 0.3) is 0 Å². The van der Waals surface area contributed by atoms with E-state index in [9.17, 15) is 0 Å². The maximum absolute atomic E-state index is 2.65. The average Bonchev–Trinajstić information content (AvgIpc) is 3.18. The summed E-state index contributed by atoms with van der Waals surface area (Å²) in [5.74, 6) is 2.43. The molecular weight excluding hydrogens is 352 g/mol. The molecule has 0 aliphatic carbocycles. The number of likely N-dealkylation sites (tertiary alicyclic amines) is 2. The fourth-order valence-corrected chi connectivity index (χ4v) is 5.39. The van der Waals surface area contributed by atoms with Crippen molar-refractivity contribution in [2.75, 3.05) is 26.2 Å². The van der Waals surface area contributed by atoms with Gasteiger partial charge in [0.15, 0.2) is 0 Å². The van der Waals surface area contributed by atoms with E-state index >= 15 is 0 Å². The number of hydrogen-bond donors (Lipinski definition) is 0. The Morgan fingerprint density at radius 1 is 0.828 bits per heavy atom. The van der Waals surface area contributed by atoms with E-state index in [1.165, 1.54) is 68.6 Å². The fraction of sp³-hybridized carbons (Fsp3) is 0.556. The molecule has 156 valence electrons. The van der Waals surface area contributed by atoms with Gasteiger partial charge in [0.05, 0.1) is 0 Å². The van der Waals surface area contributed by atoms with Crippen LogP contribution >= 0.6 is 0 Å². The van der Waals surface area contributed by atoms with E-state index < -0.39 is 0 Å². The maximum Gasteiger partial charge on any atom is 0.0233 e. The number of nitrogens with zero attached hydrogens (tertiary/aromatic N) is 2. The van der Waals surface area contributed by atoms with Gasteiger partial charge in [0.1, 0.15) is 0 Å². The molecule has 0 bridgehead atoms. The largest absolute Gasteiger partial charge is 0.299 e. The molecule has 3 atom stereocenters. The number of benzene rings is 2. The van der Waals surface area contributed by atoms with Crippen molar-refractivity contribution in [3.8, 4) is 0 Å². The highest BCUT2D eigenvalue weighted by molar-refractivity contribution is 5.24. The van der Waals surface area contributed by atoms with Gasteiger partial charge in [0, 0.05) is 26.2 Å². The number of piperidine rings is 1. The first kappa shape index (κ1) is 20.6. The minimum atomic E-state index is 0.751. The maximum atomic E-state index is 2.65. The van der Waals surface area contributed by atoms with Crippen LogP contribution in [0.3, 0.4) is 0 Å². The first-order chi connectivity index (χ1) is 14.2. The SMILES string of the molecule is CC1CCCN(Cc2cccc(CC(C)C3CCN(Cc4ccccc4)C3)c2)C1. The van der Waals surface area contributed by atoms with Crippen LogP contribution in [-0.4, -0.2) is 36.0 Å². The molecule has 29 heavy (non-hydrogen) atoms. The molecule has 2 aliphatic heterocycles. The summed E-state index contributed by atoms with van der Waals surface area (Å²) in [6, 6.07) is 20.4. The Kier molecular flexibility index (Phi) is 7.05. The second kappa shape index (κ2) is 9.91. The molecule has 3 unspecified atom stereocenters. The summed E-state index contributed by atoms with van der Waals surface area (Å²) < 4.78 is 0. The molecule has 2 heteroatoms. The van der Waals surface area contributed by atoms with Gasteiger partial charge in [-0.05, 0) is 73.2 Å². The Balaban J connectivity index is 1.29. The van der Waals surface area contributed by atoms with Crippen LogP contribution in [0.4, 0.5) is 0 Å². The number of hydrogen-bond acceptors (Lipinski definition) is 2. The smallest absolute Gasteiger partial charge is 0.0233 e. The summed E-state index contributed by atoms with van der Waals surface area (Å²) in [5.41, 5.74) is 4.48. The summed E-state index contributed by atoms with van der Waals surface area (Å²) >= 11 is 0. The second-order valence-electron chi connectivity index (χ2n) is 9.75. The third-order valence-corrected chi connectivity index (χ3v) is 7.06. The van der Waals surface area contributed by atoms with Gasteiger partial charge in [-0.1, -0.05) is 68.4 Å². The van der Waals surface area contributed by atoms with Gasteiger partial charge in [0.25, 0.3) is 0 Å². The topological polar surface area (TPSA) is 6.48 Å². The van der Waals surface area contributed by atoms with Crippen molar-refractivity contribution >= 4 is 0 Å². The predicted molar refractivity (Wildman–Crippen MR) is 123 cm³/mol. The predicted octanol–water partition coefficient (Wildman–Crippen LogP) is 5.62. The van der Waals surface area contributed by atoms with Crippen LogP contribution in [0.2, 0.25) is 0 Å². The fourth-order valence-electron chi connectivity index (χ4n) is 5.39. The Labute approximate surface area is 177 Å². The van der Waals surface area contributed by atoms with Gasteiger partial charge in [-0.25, -0.2) is 0 Å². The Hall–Kier alpha value is -1.64. The van der Waals surface area contributed by atoms with Crippen LogP contribution in [0.15, 0.2) is 54.6 Å². The summed E-state index contributed by atoms with van der Waals surface area (Å²) in [5, 5.41) is 0. The minimum Gasteiger partial charge on any atom is -0.299 e. The van der Waals surface area contributed by atoms with Crippen LogP contribution in [0, 0.1) is 17.8 Å². The normalized spacial score (nSPS) is 24.6. The lowest BCUT2D eigenvalue weighted by molar-refractivity contribution is 0.176. The monoisotopic (exact) mass is 390 g/mol. The molecule has 0 N–H and O–H groups in total. The zero-order valence-corrected chi connectivity index (χ0v) is 18.4. The van der Waals surface area contributed by atoms with Gasteiger partial charge >= 0.3 is 0 Å². The van der Waals surface area contributed by atoms with Crippen molar-refractivity contribution in [1.29, 1.82) is 0 Å². The number of rotatable bonds is 7. The second-order valence-corrected chi connectivity index (χ2v) is 9.75. The summed E-state index contributed by atoms with van der Waals surface area (Å²) in [6.07, 6.45) is 5.32. The molecule has 0 amide bonds. The van der Waals surface area contributed by atoms with Gasteiger partial charge in [0.2, 0.25) is 0 Å². The zero-order valence-electron chi connectivity index (χ0n) is 18.4. The lowest BCUT2D eigenvalue weighted by Gasteiger charge is -2.31. The van der Waals surface area contributed by atoms with E-state index in [-0.39, 0.29) is 0 Å². The summed E-state index contributed by atoms with van der Waals surface area (Å²) in [6.45, 7) is 12.1. The minimum absolute atomic E-state index is 0.751.